The molecule has 21 heavy (non-hydrogen) atoms. The highest BCUT2D eigenvalue weighted by Gasteiger charge is 2.48. The molecule has 0 spiro atoms. The Labute approximate surface area is 121 Å². The van der Waals surface area contributed by atoms with Crippen LogP contribution in [0.25, 0.3) is 0 Å². The fourth-order valence-corrected chi connectivity index (χ4v) is 2.12. The summed E-state index contributed by atoms with van der Waals surface area (Å²) < 4.78 is 14.8. The standard InChI is InChI=1S/C14H18O7/c1-19-14(18)12-9(15)11(10(16)13(17)21-12)20-7-8-5-3-2-4-6-8/h2-6,9-13,15-17H,7H2,1H3/t9-,10+,11-,12+,13+/m0/s1. The van der Waals surface area contributed by atoms with E-state index < -0.39 is 36.7 Å². The highest BCUT2D eigenvalue weighted by Crippen LogP contribution is 2.24. The van der Waals surface area contributed by atoms with Crippen LogP contribution in [0.5, 0.6) is 0 Å². The summed E-state index contributed by atoms with van der Waals surface area (Å²) in [5, 5.41) is 29.5. The molecule has 116 valence electrons. The van der Waals surface area contributed by atoms with Gasteiger partial charge in [-0.05, 0) is 5.56 Å². The first kappa shape index (κ1) is 15.9. The van der Waals surface area contributed by atoms with Gasteiger partial charge in [-0.15, -0.1) is 0 Å². The lowest BCUT2D eigenvalue weighted by molar-refractivity contribution is -0.289. The Morgan fingerprint density at radius 3 is 2.48 bits per heavy atom. The maximum atomic E-state index is 11.5. The van der Waals surface area contributed by atoms with E-state index in [9.17, 15) is 20.1 Å². The van der Waals surface area contributed by atoms with Crippen molar-refractivity contribution < 1.29 is 34.3 Å². The molecular formula is C14H18O7. The van der Waals surface area contributed by atoms with E-state index in [4.69, 9.17) is 9.47 Å². The smallest absolute Gasteiger partial charge is 0.337 e. The van der Waals surface area contributed by atoms with E-state index >= 15 is 0 Å². The van der Waals surface area contributed by atoms with Crippen molar-refractivity contribution in [2.24, 2.45) is 0 Å². The van der Waals surface area contributed by atoms with E-state index in [0.717, 1.165) is 12.7 Å². The van der Waals surface area contributed by atoms with Gasteiger partial charge in [0.15, 0.2) is 12.4 Å². The lowest BCUT2D eigenvalue weighted by Crippen LogP contribution is -2.60. The lowest BCUT2D eigenvalue weighted by Gasteiger charge is -2.39. The van der Waals surface area contributed by atoms with Gasteiger partial charge >= 0.3 is 5.97 Å². The van der Waals surface area contributed by atoms with Crippen LogP contribution in [-0.4, -0.2) is 59.1 Å². The van der Waals surface area contributed by atoms with E-state index in [1.165, 1.54) is 0 Å². The van der Waals surface area contributed by atoms with Crippen LogP contribution in [0.15, 0.2) is 30.3 Å². The zero-order valence-electron chi connectivity index (χ0n) is 11.5. The molecule has 0 amide bonds. The summed E-state index contributed by atoms with van der Waals surface area (Å²) in [4.78, 5) is 11.5. The predicted octanol–water partition coefficient (Wildman–Crippen LogP) is -0.816. The molecule has 1 fully saturated rings. The number of carbonyl (C=O) groups excluding carboxylic acids is 1. The van der Waals surface area contributed by atoms with E-state index in [1.54, 1.807) is 0 Å². The molecule has 0 aliphatic carbocycles. The Hall–Kier alpha value is -1.51. The Balaban J connectivity index is 2.06. The van der Waals surface area contributed by atoms with E-state index in [-0.39, 0.29) is 6.61 Å². The zero-order valence-corrected chi connectivity index (χ0v) is 11.5. The van der Waals surface area contributed by atoms with Crippen molar-refractivity contribution in [1.29, 1.82) is 0 Å². The van der Waals surface area contributed by atoms with Crippen LogP contribution < -0.4 is 0 Å². The molecule has 1 aliphatic heterocycles. The predicted molar refractivity (Wildman–Crippen MR) is 69.9 cm³/mol. The molecule has 0 radical (unpaired) electrons. The molecule has 0 aromatic heterocycles. The molecule has 2 rings (SSSR count). The summed E-state index contributed by atoms with van der Waals surface area (Å²) in [6.07, 6.45) is -7.13. The van der Waals surface area contributed by atoms with Crippen LogP contribution in [0.1, 0.15) is 5.56 Å². The third kappa shape index (κ3) is 3.58. The monoisotopic (exact) mass is 298 g/mol. The second-order valence-corrected chi connectivity index (χ2v) is 4.71. The van der Waals surface area contributed by atoms with Crippen LogP contribution in [-0.2, 0) is 25.6 Å². The van der Waals surface area contributed by atoms with Crippen molar-refractivity contribution in [3.05, 3.63) is 35.9 Å². The van der Waals surface area contributed by atoms with Crippen LogP contribution in [0.2, 0.25) is 0 Å². The highest BCUT2D eigenvalue weighted by atomic mass is 16.7. The van der Waals surface area contributed by atoms with Gasteiger partial charge < -0.3 is 29.5 Å². The van der Waals surface area contributed by atoms with Crippen molar-refractivity contribution in [2.75, 3.05) is 7.11 Å². The number of benzene rings is 1. The average Bonchev–Trinajstić information content (AvgIpc) is 2.51. The first-order chi connectivity index (χ1) is 10.0. The fourth-order valence-electron chi connectivity index (χ4n) is 2.12. The number of hydrogen-bond acceptors (Lipinski definition) is 7. The summed E-state index contributed by atoms with van der Waals surface area (Å²) in [5.41, 5.74) is 0.826. The largest absolute Gasteiger partial charge is 0.467 e. The molecule has 1 heterocycles. The highest BCUT2D eigenvalue weighted by molar-refractivity contribution is 5.75. The minimum atomic E-state index is -1.64. The average molecular weight is 298 g/mol. The molecule has 1 aromatic rings. The first-order valence-electron chi connectivity index (χ1n) is 6.47. The second kappa shape index (κ2) is 6.97. The van der Waals surface area contributed by atoms with Crippen LogP contribution in [0.3, 0.4) is 0 Å². The maximum absolute atomic E-state index is 11.5. The van der Waals surface area contributed by atoms with Gasteiger partial charge in [0.1, 0.15) is 18.3 Å². The number of aliphatic hydroxyl groups is 3. The van der Waals surface area contributed by atoms with Crippen molar-refractivity contribution in [2.45, 2.75) is 37.3 Å². The summed E-state index contributed by atoms with van der Waals surface area (Å²) in [6.45, 7) is 0.111. The molecule has 1 aliphatic rings. The topological polar surface area (TPSA) is 105 Å². The third-order valence-electron chi connectivity index (χ3n) is 3.28. The van der Waals surface area contributed by atoms with Gasteiger partial charge in [-0.25, -0.2) is 4.79 Å². The number of ether oxygens (including phenoxy) is 3. The molecule has 0 unspecified atom stereocenters. The van der Waals surface area contributed by atoms with E-state index in [0.29, 0.717) is 0 Å². The summed E-state index contributed by atoms with van der Waals surface area (Å²) in [5.74, 6) is -0.846. The molecule has 5 atom stereocenters. The lowest BCUT2D eigenvalue weighted by atomic mass is 9.98. The summed E-state index contributed by atoms with van der Waals surface area (Å²) in [6, 6.07) is 9.11. The van der Waals surface area contributed by atoms with Crippen molar-refractivity contribution in [1.82, 2.24) is 0 Å². The van der Waals surface area contributed by atoms with Gasteiger partial charge in [-0.3, -0.25) is 0 Å². The van der Waals surface area contributed by atoms with Gasteiger partial charge in [0.05, 0.1) is 13.7 Å². The molecule has 1 aromatic carbocycles. The summed E-state index contributed by atoms with van der Waals surface area (Å²) >= 11 is 0. The van der Waals surface area contributed by atoms with Gasteiger partial charge in [0.25, 0.3) is 0 Å². The van der Waals surface area contributed by atoms with Gasteiger partial charge in [0, 0.05) is 0 Å². The van der Waals surface area contributed by atoms with Crippen LogP contribution in [0, 0.1) is 0 Å². The number of rotatable bonds is 4. The normalized spacial score (nSPS) is 32.7. The summed E-state index contributed by atoms with van der Waals surface area (Å²) in [7, 11) is 1.13. The van der Waals surface area contributed by atoms with Crippen LogP contribution in [0.4, 0.5) is 0 Å². The molecule has 7 nitrogen and oxygen atoms in total. The Morgan fingerprint density at radius 2 is 1.86 bits per heavy atom. The quantitative estimate of drug-likeness (QED) is 0.624. The van der Waals surface area contributed by atoms with Crippen molar-refractivity contribution >= 4 is 5.97 Å². The van der Waals surface area contributed by atoms with E-state index in [2.05, 4.69) is 4.74 Å². The Bertz CT molecular complexity index is 464. The van der Waals surface area contributed by atoms with Crippen molar-refractivity contribution in [3.63, 3.8) is 0 Å². The van der Waals surface area contributed by atoms with Gasteiger partial charge in [-0.1, -0.05) is 30.3 Å². The third-order valence-corrected chi connectivity index (χ3v) is 3.28. The maximum Gasteiger partial charge on any atom is 0.337 e. The number of esters is 1. The van der Waals surface area contributed by atoms with E-state index in [1.807, 2.05) is 30.3 Å². The molecule has 7 heteroatoms. The molecule has 0 bridgehead atoms. The van der Waals surface area contributed by atoms with Gasteiger partial charge in [-0.2, -0.15) is 0 Å². The Kier molecular flexibility index (Phi) is 5.27. The minimum Gasteiger partial charge on any atom is -0.467 e. The van der Waals surface area contributed by atoms with Gasteiger partial charge in [0.2, 0.25) is 0 Å². The SMILES string of the molecule is COC(=O)[C@@H]1O[C@@H](O)[C@H](O)[C@@H](OCc2ccccc2)[C@@H]1O. The Morgan fingerprint density at radius 1 is 1.19 bits per heavy atom. The second-order valence-electron chi connectivity index (χ2n) is 4.71. The van der Waals surface area contributed by atoms with Crippen LogP contribution >= 0.6 is 0 Å². The van der Waals surface area contributed by atoms with Crippen molar-refractivity contribution in [3.8, 4) is 0 Å². The number of hydrogen-bond donors (Lipinski definition) is 3. The fraction of sp³-hybridized carbons (Fsp3) is 0.500. The number of methoxy groups -OCH3 is 1. The molecule has 0 saturated carbocycles. The molecular weight excluding hydrogens is 280 g/mol. The minimum absolute atomic E-state index is 0.111. The number of carbonyl (C=O) groups is 1. The zero-order chi connectivity index (χ0) is 15.4. The number of aliphatic hydroxyl groups excluding tert-OH is 3. The first-order valence-corrected chi connectivity index (χ1v) is 6.47. The molecule has 3 N–H and O–H groups in total. The molecule has 1 saturated heterocycles.